The second-order valence-electron chi connectivity index (χ2n) is 8.79. The minimum Gasteiger partial charge on any atom is -0.537 e. The van der Waals surface area contributed by atoms with Gasteiger partial charge in [0.15, 0.2) is 5.75 Å². The Bertz CT molecular complexity index is 1170. The zero-order chi connectivity index (χ0) is 22.7. The summed E-state index contributed by atoms with van der Waals surface area (Å²) in [7, 11) is -2.10. The van der Waals surface area contributed by atoms with E-state index in [4.69, 9.17) is 4.43 Å². The zero-order valence-electron chi connectivity index (χ0n) is 18.4. The van der Waals surface area contributed by atoms with E-state index < -0.39 is 20.7 Å². The molecule has 1 aromatic heterocycles. The van der Waals surface area contributed by atoms with E-state index in [1.54, 1.807) is 6.07 Å². The van der Waals surface area contributed by atoms with Crippen molar-refractivity contribution in [3.8, 4) is 22.8 Å². The summed E-state index contributed by atoms with van der Waals surface area (Å²) in [6, 6.07) is 29.4. The average Bonchev–Trinajstić information content (AvgIpc) is 2.80. The van der Waals surface area contributed by atoms with Gasteiger partial charge in [0, 0.05) is 5.56 Å². The van der Waals surface area contributed by atoms with Crippen molar-refractivity contribution in [2.24, 2.45) is 0 Å². The molecule has 3 nitrogen and oxygen atoms in total. The highest BCUT2D eigenvalue weighted by atomic mass is 28.3. The van der Waals surface area contributed by atoms with Crippen LogP contribution in [0.25, 0.3) is 11.3 Å². The van der Waals surface area contributed by atoms with E-state index in [9.17, 15) is 9.50 Å². The smallest absolute Gasteiger partial charge is 0.299 e. The molecule has 0 aliphatic rings. The van der Waals surface area contributed by atoms with Crippen LogP contribution >= 0.6 is 0 Å². The molecule has 1 heterocycles. The third-order valence-corrected chi connectivity index (χ3v) is 7.87. The van der Waals surface area contributed by atoms with Gasteiger partial charge >= 0.3 is 0 Å². The highest BCUT2D eigenvalue weighted by Crippen LogP contribution is 2.35. The van der Waals surface area contributed by atoms with Gasteiger partial charge in [-0.3, -0.25) is 0 Å². The number of pyridine rings is 1. The summed E-state index contributed by atoms with van der Waals surface area (Å²) in [4.78, 5) is 3.97. The van der Waals surface area contributed by atoms with E-state index in [1.807, 2.05) is 54.6 Å². The first-order valence-corrected chi connectivity index (χ1v) is 12.2. The van der Waals surface area contributed by atoms with Crippen LogP contribution in [0.15, 0.2) is 91.0 Å². The maximum atomic E-state index is 14.1. The number of nitrogens with zero attached hydrogens (tertiary/aromatic N) is 1. The number of hydrogen-bond donors (Lipinski definition) is 1. The fourth-order valence-corrected chi connectivity index (χ4v) is 5.84. The number of benzene rings is 3. The number of rotatable bonds is 5. The van der Waals surface area contributed by atoms with Crippen molar-refractivity contribution < 1.29 is 13.9 Å². The summed E-state index contributed by atoms with van der Waals surface area (Å²) in [6.45, 7) is 6.44. The van der Waals surface area contributed by atoms with Crippen LogP contribution in [0, 0.1) is 5.95 Å². The van der Waals surface area contributed by atoms with Crippen LogP contribution in [-0.2, 0) is 5.41 Å². The maximum Gasteiger partial charge on any atom is 0.299 e. The van der Waals surface area contributed by atoms with Gasteiger partial charge < -0.3 is 9.53 Å². The van der Waals surface area contributed by atoms with Gasteiger partial charge in [-0.05, 0) is 45.6 Å². The van der Waals surface area contributed by atoms with Gasteiger partial charge in [0.1, 0.15) is 5.75 Å². The molecule has 0 unspecified atom stereocenters. The highest BCUT2D eigenvalue weighted by molar-refractivity contribution is 6.80. The van der Waals surface area contributed by atoms with Crippen LogP contribution in [0.5, 0.6) is 11.5 Å². The largest absolute Gasteiger partial charge is 0.537 e. The van der Waals surface area contributed by atoms with Gasteiger partial charge in [0.2, 0.25) is 0 Å². The Hall–Kier alpha value is -3.44. The van der Waals surface area contributed by atoms with Crippen molar-refractivity contribution in [3.63, 3.8) is 0 Å². The molecule has 5 heteroatoms. The Morgan fingerprint density at radius 2 is 1.41 bits per heavy atom. The van der Waals surface area contributed by atoms with Gasteiger partial charge in [0.25, 0.3) is 15.0 Å². The first-order valence-electron chi connectivity index (χ1n) is 10.6. The fraction of sp³-hybridized carbons (Fsp3) is 0.148. The number of halogens is 1. The third-order valence-electron chi connectivity index (χ3n) is 5.40. The fourth-order valence-electron chi connectivity index (χ4n) is 3.59. The Kier molecular flexibility index (Phi) is 6.10. The highest BCUT2D eigenvalue weighted by Gasteiger charge is 2.24. The molecule has 4 aromatic rings. The lowest BCUT2D eigenvalue weighted by Gasteiger charge is -2.25. The lowest BCUT2D eigenvalue weighted by molar-refractivity contribution is 0.419. The van der Waals surface area contributed by atoms with E-state index in [0.29, 0.717) is 17.0 Å². The quantitative estimate of drug-likeness (QED) is 0.356. The van der Waals surface area contributed by atoms with Crippen LogP contribution in [0.4, 0.5) is 4.39 Å². The molecule has 0 fully saturated rings. The van der Waals surface area contributed by atoms with Gasteiger partial charge in [0.05, 0.1) is 5.69 Å². The molecule has 32 heavy (non-hydrogen) atoms. The second kappa shape index (κ2) is 8.97. The predicted octanol–water partition coefficient (Wildman–Crippen LogP) is 4.81. The summed E-state index contributed by atoms with van der Waals surface area (Å²) in [5.41, 5.74) is 2.15. The molecule has 0 radical (unpaired) electrons. The van der Waals surface area contributed by atoms with Crippen molar-refractivity contribution in [1.29, 1.82) is 0 Å². The summed E-state index contributed by atoms with van der Waals surface area (Å²) in [5.74, 6) is -0.698. The predicted molar refractivity (Wildman–Crippen MR) is 130 cm³/mol. The molecule has 0 spiro atoms. The van der Waals surface area contributed by atoms with Crippen molar-refractivity contribution in [2.45, 2.75) is 26.2 Å². The van der Waals surface area contributed by atoms with Crippen molar-refractivity contribution in [2.75, 3.05) is 0 Å². The van der Waals surface area contributed by atoms with Crippen LogP contribution < -0.4 is 14.8 Å². The van der Waals surface area contributed by atoms with Gasteiger partial charge in [-0.1, -0.05) is 87.5 Å². The van der Waals surface area contributed by atoms with Crippen molar-refractivity contribution in [3.05, 3.63) is 103 Å². The van der Waals surface area contributed by atoms with E-state index in [1.165, 1.54) is 6.07 Å². The summed E-state index contributed by atoms with van der Waals surface area (Å²) in [5, 5.41) is 11.9. The van der Waals surface area contributed by atoms with Crippen LogP contribution in [0.1, 0.15) is 26.3 Å². The van der Waals surface area contributed by atoms with E-state index in [-0.39, 0.29) is 5.41 Å². The number of aromatic hydroxyl groups is 1. The Labute approximate surface area is 189 Å². The molecule has 1 N–H and O–H groups in total. The molecule has 0 atom stereocenters. The first-order chi connectivity index (χ1) is 15.3. The van der Waals surface area contributed by atoms with Crippen LogP contribution in [0.2, 0.25) is 0 Å². The van der Waals surface area contributed by atoms with Crippen molar-refractivity contribution >= 4 is 19.4 Å². The topological polar surface area (TPSA) is 42.4 Å². The van der Waals surface area contributed by atoms with Crippen molar-refractivity contribution in [1.82, 2.24) is 4.98 Å². The lowest BCUT2D eigenvalue weighted by atomic mass is 9.86. The van der Waals surface area contributed by atoms with Crippen LogP contribution in [-0.4, -0.2) is 19.1 Å². The molecule has 0 bridgehead atoms. The molecular formula is C27H26FNO2Si. The average molecular weight is 444 g/mol. The molecule has 3 aromatic carbocycles. The summed E-state index contributed by atoms with van der Waals surface area (Å²) < 4.78 is 20.9. The monoisotopic (exact) mass is 443 g/mol. The number of aromatic nitrogens is 1. The molecule has 162 valence electrons. The molecule has 0 amide bonds. The summed E-state index contributed by atoms with van der Waals surface area (Å²) >= 11 is 0. The van der Waals surface area contributed by atoms with E-state index >= 15 is 0 Å². The molecular weight excluding hydrogens is 417 g/mol. The Morgan fingerprint density at radius 3 is 1.94 bits per heavy atom. The molecule has 0 aliphatic heterocycles. The van der Waals surface area contributed by atoms with Crippen LogP contribution in [0.3, 0.4) is 0 Å². The minimum absolute atomic E-state index is 0.0825. The van der Waals surface area contributed by atoms with Gasteiger partial charge in [-0.15, -0.1) is 0 Å². The SMILES string of the molecule is CC(C)(C)c1ccc(-c2ccc(O)c(F)n2)c(O[SiH](c2ccccc2)c2ccccc2)c1. The van der Waals surface area contributed by atoms with Gasteiger partial charge in [-0.25, -0.2) is 4.98 Å². The molecule has 0 saturated heterocycles. The number of hydrogen-bond acceptors (Lipinski definition) is 3. The normalized spacial score (nSPS) is 11.5. The summed E-state index contributed by atoms with van der Waals surface area (Å²) in [6.07, 6.45) is 0. The third kappa shape index (κ3) is 4.73. The Balaban J connectivity index is 1.86. The minimum atomic E-state index is -2.10. The van der Waals surface area contributed by atoms with E-state index in [0.717, 1.165) is 15.9 Å². The molecule has 4 rings (SSSR count). The lowest BCUT2D eigenvalue weighted by Crippen LogP contribution is -2.47. The van der Waals surface area contributed by atoms with Gasteiger partial charge in [-0.2, -0.15) is 4.39 Å². The molecule has 0 saturated carbocycles. The standard InChI is InChI=1S/C27H26FNO2Si/c1-27(2,3)19-14-15-22(23-16-17-24(30)26(28)29-23)25(18-19)31-32(20-10-6-4-7-11-20)21-12-8-5-9-13-21/h4-18,30,32H,1-3H3. The maximum absolute atomic E-state index is 14.1. The Morgan fingerprint density at radius 1 is 0.812 bits per heavy atom. The van der Waals surface area contributed by atoms with E-state index in [2.05, 4.69) is 50.0 Å². The molecule has 0 aliphatic carbocycles. The zero-order valence-corrected chi connectivity index (χ0v) is 19.6. The second-order valence-corrected chi connectivity index (χ2v) is 11.1. The first kappa shape index (κ1) is 21.8.